The zero-order valence-electron chi connectivity index (χ0n) is 26.2. The molecule has 1 fully saturated rings. The van der Waals surface area contributed by atoms with Crippen LogP contribution in [0.5, 0.6) is 0 Å². The topological polar surface area (TPSA) is 134 Å². The van der Waals surface area contributed by atoms with Crippen LogP contribution in [-0.2, 0) is 28.7 Å². The van der Waals surface area contributed by atoms with Gasteiger partial charge in [0.1, 0.15) is 17.7 Å². The molecule has 10 nitrogen and oxygen atoms in total. The molecule has 2 aromatic carbocycles. The number of aromatic nitrogens is 3. The summed E-state index contributed by atoms with van der Waals surface area (Å²) in [6, 6.07) is 13.5. The van der Waals surface area contributed by atoms with Crippen molar-refractivity contribution in [2.45, 2.75) is 63.4 Å². The van der Waals surface area contributed by atoms with Crippen LogP contribution in [-0.4, -0.2) is 52.1 Å². The van der Waals surface area contributed by atoms with Gasteiger partial charge in [-0.3, -0.25) is 9.59 Å². The molecule has 13 heteroatoms. The van der Waals surface area contributed by atoms with Crippen LogP contribution in [0.15, 0.2) is 60.7 Å². The number of nitriles is 1. The quantitative estimate of drug-likeness (QED) is 0.182. The number of hydrogen-bond acceptors (Lipinski definition) is 7. The van der Waals surface area contributed by atoms with Gasteiger partial charge in [0.25, 0.3) is 5.91 Å². The van der Waals surface area contributed by atoms with Gasteiger partial charge < -0.3 is 25.3 Å². The van der Waals surface area contributed by atoms with E-state index >= 15 is 0 Å². The summed E-state index contributed by atoms with van der Waals surface area (Å²) in [7, 11) is 1.73. The molecular weight excluding hydrogens is 623 g/mol. The highest BCUT2D eigenvalue weighted by molar-refractivity contribution is 6.05. The second-order valence-electron chi connectivity index (χ2n) is 11.9. The number of carbonyl (C=O) groups excluding carboxylic acids is 2. The van der Waals surface area contributed by atoms with Crippen molar-refractivity contribution in [1.82, 2.24) is 19.9 Å². The van der Waals surface area contributed by atoms with Crippen LogP contribution in [0.25, 0.3) is 22.3 Å². The van der Waals surface area contributed by atoms with Gasteiger partial charge in [-0.1, -0.05) is 12.1 Å². The average molecular weight is 658 g/mol. The molecule has 0 bridgehead atoms. The summed E-state index contributed by atoms with van der Waals surface area (Å²) >= 11 is 0. The van der Waals surface area contributed by atoms with Gasteiger partial charge in [-0.15, -0.1) is 0 Å². The fraction of sp³-hybridized carbons (Fsp3) is 0.343. The van der Waals surface area contributed by atoms with Gasteiger partial charge in [0.15, 0.2) is 0 Å². The van der Waals surface area contributed by atoms with E-state index in [1.165, 1.54) is 48.5 Å². The van der Waals surface area contributed by atoms with Crippen molar-refractivity contribution in [3.8, 4) is 17.3 Å². The van der Waals surface area contributed by atoms with Crippen molar-refractivity contribution in [2.24, 2.45) is 0 Å². The molecule has 0 unspecified atom stereocenters. The van der Waals surface area contributed by atoms with Gasteiger partial charge in [-0.25, -0.2) is 9.97 Å². The number of nitrogens with zero attached hydrogens (tertiary/aromatic N) is 4. The molecular formula is C35H34F3N7O3. The Labute approximate surface area is 275 Å². The van der Waals surface area contributed by atoms with Gasteiger partial charge in [0, 0.05) is 49.9 Å². The van der Waals surface area contributed by atoms with Gasteiger partial charge in [-0.2, -0.15) is 18.4 Å². The number of amides is 2. The number of aryl methyl sites for hydroxylation is 2. The van der Waals surface area contributed by atoms with Crippen LogP contribution < -0.4 is 16.0 Å². The maximum Gasteiger partial charge on any atom is 0.417 e. The number of hydrogen-bond donors (Lipinski definition) is 3. The van der Waals surface area contributed by atoms with Crippen molar-refractivity contribution in [1.29, 1.82) is 5.26 Å². The first-order valence-electron chi connectivity index (χ1n) is 15.8. The second-order valence-corrected chi connectivity index (χ2v) is 11.9. The largest absolute Gasteiger partial charge is 0.417 e. The van der Waals surface area contributed by atoms with E-state index in [2.05, 4.69) is 25.9 Å². The van der Waals surface area contributed by atoms with Crippen molar-refractivity contribution in [2.75, 3.05) is 24.3 Å². The molecule has 4 aromatic rings. The molecule has 6 rings (SSSR count). The van der Waals surface area contributed by atoms with E-state index in [0.29, 0.717) is 42.7 Å². The molecule has 2 aromatic heterocycles. The molecule has 0 radical (unpaired) electrons. The highest BCUT2D eigenvalue weighted by atomic mass is 19.4. The zero-order chi connectivity index (χ0) is 33.8. The summed E-state index contributed by atoms with van der Waals surface area (Å²) in [4.78, 5) is 34.5. The minimum Gasteiger partial charge on any atom is -0.381 e. The lowest BCUT2D eigenvalue weighted by molar-refractivity contribution is -0.137. The number of pyridine rings is 1. The predicted molar refractivity (Wildman–Crippen MR) is 174 cm³/mol. The molecule has 1 aliphatic heterocycles. The fourth-order valence-electron chi connectivity index (χ4n) is 6.31. The maximum atomic E-state index is 14.2. The lowest BCUT2D eigenvalue weighted by atomic mass is 9.93. The number of anilines is 2. The van der Waals surface area contributed by atoms with Gasteiger partial charge >= 0.3 is 6.18 Å². The van der Waals surface area contributed by atoms with Crippen molar-refractivity contribution >= 4 is 34.4 Å². The Kier molecular flexibility index (Phi) is 9.56. The number of imidazole rings is 1. The first-order chi connectivity index (χ1) is 23.1. The average Bonchev–Trinajstić information content (AvgIpc) is 3.68. The van der Waals surface area contributed by atoms with Gasteiger partial charge in [-0.05, 0) is 74.6 Å². The molecule has 2 aliphatic rings. The molecule has 3 heterocycles. The highest BCUT2D eigenvalue weighted by Crippen LogP contribution is 2.40. The van der Waals surface area contributed by atoms with Gasteiger partial charge in [0.2, 0.25) is 5.91 Å². The predicted octanol–water partition coefficient (Wildman–Crippen LogP) is 6.23. The van der Waals surface area contributed by atoms with E-state index in [0.717, 1.165) is 44.0 Å². The molecule has 2 amide bonds. The Morgan fingerprint density at radius 1 is 1.08 bits per heavy atom. The third-order valence-corrected chi connectivity index (χ3v) is 8.78. The zero-order valence-corrected chi connectivity index (χ0v) is 26.2. The number of fused-ring (bicyclic) bond motifs is 3. The van der Waals surface area contributed by atoms with Crippen LogP contribution >= 0.6 is 0 Å². The third-order valence-electron chi connectivity index (χ3n) is 8.78. The first-order valence-corrected chi connectivity index (χ1v) is 15.8. The SMILES string of the molecule is CO[C@H]1CC[C@H](NC/C=C/C(=O)Nc2ccc(C(=O)Nc3cccc(-c4cc5nc6n(c5cc4C(F)(F)F)CCC6)n3)cc2C#N)CC1. The molecule has 0 atom stereocenters. The lowest BCUT2D eigenvalue weighted by Crippen LogP contribution is -2.35. The molecule has 0 spiro atoms. The summed E-state index contributed by atoms with van der Waals surface area (Å²) in [5.74, 6) is -0.269. The van der Waals surface area contributed by atoms with Gasteiger partial charge in [0.05, 0.1) is 39.6 Å². The first kappa shape index (κ1) is 32.9. The highest BCUT2D eigenvalue weighted by Gasteiger charge is 2.35. The molecule has 1 aliphatic carbocycles. The third kappa shape index (κ3) is 7.25. The van der Waals surface area contributed by atoms with E-state index < -0.39 is 23.6 Å². The monoisotopic (exact) mass is 657 g/mol. The molecule has 1 saturated carbocycles. The summed E-state index contributed by atoms with van der Waals surface area (Å²) in [6.45, 7) is 1.14. The van der Waals surface area contributed by atoms with E-state index in [9.17, 15) is 28.0 Å². The number of rotatable bonds is 9. The number of halogens is 3. The normalized spacial score (nSPS) is 17.7. The van der Waals surface area contributed by atoms with Crippen molar-refractivity contribution < 1.29 is 27.5 Å². The summed E-state index contributed by atoms with van der Waals surface area (Å²) in [5, 5.41) is 18.4. The summed E-state index contributed by atoms with van der Waals surface area (Å²) in [5.41, 5.74) is 0.316. The van der Waals surface area contributed by atoms with Crippen molar-refractivity contribution in [3.63, 3.8) is 0 Å². The Morgan fingerprint density at radius 3 is 2.65 bits per heavy atom. The minimum absolute atomic E-state index is 0.0210. The number of methoxy groups -OCH3 is 1. The smallest absolute Gasteiger partial charge is 0.381 e. The standard InChI is InChI=1S/C35H34F3N7O3/c1-48-24-12-10-23(11-13-24)40-15-3-8-33(46)43-27-14-9-21(17-22(27)20-39)34(47)44-31-6-2-5-28(41-31)25-18-29-30(19-26(25)35(36,37)38)45-16-4-7-32(45)42-29/h2-3,5-6,8-9,14,17-19,23-24,40H,4,7,10-13,15-16H2,1H3,(H,43,46)(H,41,44,47)/b8-3+/t23-,24-. The van der Waals surface area contributed by atoms with E-state index in [1.807, 2.05) is 10.6 Å². The molecule has 248 valence electrons. The molecule has 3 N–H and O–H groups in total. The number of benzene rings is 2. The minimum atomic E-state index is -4.64. The fourth-order valence-corrected chi connectivity index (χ4v) is 6.31. The number of ether oxygens (including phenoxy) is 1. The van der Waals surface area contributed by atoms with Crippen molar-refractivity contribution in [3.05, 3.63) is 83.2 Å². The lowest BCUT2D eigenvalue weighted by Gasteiger charge is -2.27. The maximum absolute atomic E-state index is 14.2. The summed E-state index contributed by atoms with van der Waals surface area (Å²) in [6.07, 6.45) is 4.32. The summed E-state index contributed by atoms with van der Waals surface area (Å²) < 4.78 is 49.9. The van der Waals surface area contributed by atoms with Crippen LogP contribution in [0.3, 0.4) is 0 Å². The Balaban J connectivity index is 1.12. The van der Waals surface area contributed by atoms with E-state index in [4.69, 9.17) is 4.74 Å². The Morgan fingerprint density at radius 2 is 1.90 bits per heavy atom. The van der Waals surface area contributed by atoms with Crippen LogP contribution in [0, 0.1) is 11.3 Å². The Hall–Kier alpha value is -5.06. The Bertz CT molecular complexity index is 1920. The molecule has 0 saturated heterocycles. The second kappa shape index (κ2) is 14.0. The van der Waals surface area contributed by atoms with E-state index in [-0.39, 0.29) is 33.9 Å². The number of carbonyl (C=O) groups is 2. The van der Waals surface area contributed by atoms with Crippen LogP contribution in [0.2, 0.25) is 0 Å². The van der Waals surface area contributed by atoms with E-state index in [1.54, 1.807) is 13.2 Å². The number of alkyl halides is 3. The molecule has 48 heavy (non-hydrogen) atoms. The van der Waals surface area contributed by atoms with Crippen LogP contribution in [0.1, 0.15) is 59.4 Å². The number of nitrogens with one attached hydrogen (secondary N) is 3. The van der Waals surface area contributed by atoms with Crippen LogP contribution in [0.4, 0.5) is 24.7 Å².